The maximum absolute atomic E-state index is 14.1. The SMILES string of the molecule is NC(=O)c1ccc2[nH]c(-c3ccc(Oc4cccc(C(F)(F)F)c4F)cc3)nc2c1. The lowest BCUT2D eigenvalue weighted by Gasteiger charge is -2.12. The zero-order valence-electron chi connectivity index (χ0n) is 15.1. The third-order valence-corrected chi connectivity index (χ3v) is 4.39. The Balaban J connectivity index is 1.59. The highest BCUT2D eigenvalue weighted by Crippen LogP contribution is 2.36. The van der Waals surface area contributed by atoms with Crippen LogP contribution in [0.2, 0.25) is 0 Å². The molecule has 152 valence electrons. The van der Waals surface area contributed by atoms with Gasteiger partial charge in [0.1, 0.15) is 11.6 Å². The number of carbonyl (C=O) groups excluding carboxylic acids is 1. The lowest BCUT2D eigenvalue weighted by Crippen LogP contribution is -2.10. The normalized spacial score (nSPS) is 11.6. The van der Waals surface area contributed by atoms with Crippen molar-refractivity contribution in [1.82, 2.24) is 9.97 Å². The molecule has 0 aliphatic heterocycles. The molecule has 30 heavy (non-hydrogen) atoms. The first kappa shape index (κ1) is 19.4. The Kier molecular flexibility index (Phi) is 4.65. The lowest BCUT2D eigenvalue weighted by atomic mass is 10.2. The number of aromatic nitrogens is 2. The number of carbonyl (C=O) groups is 1. The molecule has 4 aromatic rings. The standard InChI is InChI=1S/C21H13F4N3O2/c22-18-14(21(23,24)25)2-1-3-17(18)30-13-7-4-11(5-8-13)20-27-15-9-6-12(19(26)29)10-16(15)28-20/h1-10H,(H2,26,29)(H,27,28). The summed E-state index contributed by atoms with van der Waals surface area (Å²) in [6, 6.07) is 13.9. The lowest BCUT2D eigenvalue weighted by molar-refractivity contribution is -0.140. The summed E-state index contributed by atoms with van der Waals surface area (Å²) < 4.78 is 57.9. The molecule has 0 fully saturated rings. The summed E-state index contributed by atoms with van der Waals surface area (Å²) in [6.45, 7) is 0. The molecule has 5 nitrogen and oxygen atoms in total. The first-order chi connectivity index (χ1) is 14.2. The van der Waals surface area contributed by atoms with Gasteiger partial charge in [-0.25, -0.2) is 9.37 Å². The number of amides is 1. The van der Waals surface area contributed by atoms with Crippen molar-refractivity contribution in [3.05, 3.63) is 77.6 Å². The van der Waals surface area contributed by atoms with Crippen LogP contribution in [0.4, 0.5) is 17.6 Å². The van der Waals surface area contributed by atoms with Crippen molar-refractivity contribution in [2.45, 2.75) is 6.18 Å². The van der Waals surface area contributed by atoms with Gasteiger partial charge in [-0.05, 0) is 54.6 Å². The first-order valence-corrected chi connectivity index (χ1v) is 8.66. The van der Waals surface area contributed by atoms with Crippen molar-refractivity contribution in [3.8, 4) is 22.9 Å². The van der Waals surface area contributed by atoms with E-state index < -0.39 is 29.2 Å². The van der Waals surface area contributed by atoms with Crippen LogP contribution < -0.4 is 10.5 Å². The highest BCUT2D eigenvalue weighted by Gasteiger charge is 2.35. The Hall–Kier alpha value is -3.88. The summed E-state index contributed by atoms with van der Waals surface area (Å²) >= 11 is 0. The second-order valence-electron chi connectivity index (χ2n) is 6.42. The zero-order chi connectivity index (χ0) is 21.5. The molecular formula is C21H13F4N3O2. The largest absolute Gasteiger partial charge is 0.454 e. The second kappa shape index (κ2) is 7.18. The molecule has 0 radical (unpaired) electrons. The number of hydrogen-bond donors (Lipinski definition) is 2. The van der Waals surface area contributed by atoms with Crippen molar-refractivity contribution in [3.63, 3.8) is 0 Å². The van der Waals surface area contributed by atoms with Crippen molar-refractivity contribution < 1.29 is 27.1 Å². The molecule has 0 unspecified atom stereocenters. The van der Waals surface area contributed by atoms with Crippen LogP contribution in [0.25, 0.3) is 22.4 Å². The summed E-state index contributed by atoms with van der Waals surface area (Å²) in [5.41, 5.74) is 6.10. The summed E-state index contributed by atoms with van der Waals surface area (Å²) in [7, 11) is 0. The Morgan fingerprint density at radius 1 is 1.03 bits per heavy atom. The smallest absolute Gasteiger partial charge is 0.419 e. The number of hydrogen-bond acceptors (Lipinski definition) is 3. The predicted molar refractivity (Wildman–Crippen MR) is 102 cm³/mol. The number of nitrogens with two attached hydrogens (primary N) is 1. The van der Waals surface area contributed by atoms with Gasteiger partial charge in [-0.3, -0.25) is 4.79 Å². The molecule has 9 heteroatoms. The summed E-state index contributed by atoms with van der Waals surface area (Å²) in [5.74, 6) is -1.91. The van der Waals surface area contributed by atoms with Crippen LogP contribution in [0.15, 0.2) is 60.7 Å². The molecule has 1 aromatic heterocycles. The third kappa shape index (κ3) is 3.69. The summed E-state index contributed by atoms with van der Waals surface area (Å²) in [4.78, 5) is 18.8. The molecule has 3 N–H and O–H groups in total. The number of imidazole rings is 1. The van der Waals surface area contributed by atoms with Gasteiger partial charge in [0.15, 0.2) is 11.6 Å². The van der Waals surface area contributed by atoms with Crippen LogP contribution in [0, 0.1) is 5.82 Å². The zero-order valence-corrected chi connectivity index (χ0v) is 15.1. The van der Waals surface area contributed by atoms with Crippen molar-refractivity contribution in [2.24, 2.45) is 5.73 Å². The van der Waals surface area contributed by atoms with E-state index >= 15 is 0 Å². The van der Waals surface area contributed by atoms with Gasteiger partial charge >= 0.3 is 6.18 Å². The molecule has 1 heterocycles. The minimum absolute atomic E-state index is 0.157. The van der Waals surface area contributed by atoms with Gasteiger partial charge < -0.3 is 15.5 Å². The van der Waals surface area contributed by atoms with Gasteiger partial charge in [0.25, 0.3) is 0 Å². The molecule has 3 aromatic carbocycles. The van der Waals surface area contributed by atoms with E-state index in [0.29, 0.717) is 34.1 Å². The Morgan fingerprint density at radius 3 is 2.43 bits per heavy atom. The number of ether oxygens (including phenoxy) is 1. The number of benzene rings is 3. The molecule has 0 spiro atoms. The molecule has 0 saturated heterocycles. The first-order valence-electron chi connectivity index (χ1n) is 8.66. The van der Waals surface area contributed by atoms with E-state index in [4.69, 9.17) is 10.5 Å². The summed E-state index contributed by atoms with van der Waals surface area (Å²) in [6.07, 6.45) is -4.82. The average Bonchev–Trinajstić information content (AvgIpc) is 3.12. The quantitative estimate of drug-likeness (QED) is 0.445. The number of alkyl halides is 3. The highest BCUT2D eigenvalue weighted by atomic mass is 19.4. The van der Waals surface area contributed by atoms with Crippen molar-refractivity contribution in [2.75, 3.05) is 0 Å². The number of nitrogens with zero attached hydrogens (tertiary/aromatic N) is 1. The van der Waals surface area contributed by atoms with E-state index in [2.05, 4.69) is 9.97 Å². The molecule has 0 atom stereocenters. The van der Waals surface area contributed by atoms with Gasteiger partial charge in [0.05, 0.1) is 16.6 Å². The maximum atomic E-state index is 14.1. The monoisotopic (exact) mass is 415 g/mol. The van der Waals surface area contributed by atoms with E-state index in [1.807, 2.05) is 0 Å². The van der Waals surface area contributed by atoms with Gasteiger partial charge in [0, 0.05) is 11.1 Å². The van der Waals surface area contributed by atoms with Crippen LogP contribution in [0.1, 0.15) is 15.9 Å². The van der Waals surface area contributed by atoms with E-state index in [1.165, 1.54) is 12.1 Å². The maximum Gasteiger partial charge on any atom is 0.419 e. The fourth-order valence-electron chi connectivity index (χ4n) is 2.91. The molecule has 0 aliphatic carbocycles. The highest BCUT2D eigenvalue weighted by molar-refractivity contribution is 5.96. The number of halogens is 4. The van der Waals surface area contributed by atoms with Crippen LogP contribution >= 0.6 is 0 Å². The Morgan fingerprint density at radius 2 is 1.77 bits per heavy atom. The van der Waals surface area contributed by atoms with Crippen LogP contribution in [-0.4, -0.2) is 15.9 Å². The van der Waals surface area contributed by atoms with Crippen molar-refractivity contribution >= 4 is 16.9 Å². The average molecular weight is 415 g/mol. The minimum Gasteiger partial charge on any atom is -0.454 e. The molecule has 0 aliphatic rings. The van der Waals surface area contributed by atoms with E-state index in [1.54, 1.807) is 30.3 Å². The molecule has 4 rings (SSSR count). The van der Waals surface area contributed by atoms with Gasteiger partial charge in [0.2, 0.25) is 5.91 Å². The number of H-pyrrole nitrogens is 1. The van der Waals surface area contributed by atoms with E-state index in [-0.39, 0.29) is 5.75 Å². The topological polar surface area (TPSA) is 81.0 Å². The van der Waals surface area contributed by atoms with Gasteiger partial charge in [-0.15, -0.1) is 0 Å². The van der Waals surface area contributed by atoms with Crippen LogP contribution in [-0.2, 0) is 6.18 Å². The van der Waals surface area contributed by atoms with Crippen molar-refractivity contribution in [1.29, 1.82) is 0 Å². The van der Waals surface area contributed by atoms with Gasteiger partial charge in [-0.1, -0.05) is 6.07 Å². The molecular weight excluding hydrogens is 402 g/mol. The fraction of sp³-hybridized carbons (Fsp3) is 0.0476. The predicted octanol–water partition coefficient (Wildman–Crippen LogP) is 5.28. The number of fused-ring (bicyclic) bond motifs is 1. The van der Waals surface area contributed by atoms with Crippen LogP contribution in [0.3, 0.4) is 0 Å². The Labute approximate surface area is 167 Å². The third-order valence-electron chi connectivity index (χ3n) is 4.39. The second-order valence-corrected chi connectivity index (χ2v) is 6.42. The van der Waals surface area contributed by atoms with Gasteiger partial charge in [-0.2, -0.15) is 13.2 Å². The molecule has 0 saturated carbocycles. The number of primary amides is 1. The van der Waals surface area contributed by atoms with E-state index in [9.17, 15) is 22.4 Å². The minimum atomic E-state index is -4.82. The number of rotatable bonds is 4. The Bertz CT molecular complexity index is 1250. The van der Waals surface area contributed by atoms with E-state index in [0.717, 1.165) is 12.1 Å². The number of aromatic amines is 1. The molecule has 1 amide bonds. The number of nitrogens with one attached hydrogen (secondary N) is 1. The van der Waals surface area contributed by atoms with Crippen LogP contribution in [0.5, 0.6) is 11.5 Å². The molecule has 0 bridgehead atoms. The summed E-state index contributed by atoms with van der Waals surface area (Å²) in [5, 5.41) is 0. The fourth-order valence-corrected chi connectivity index (χ4v) is 2.91.